The van der Waals surface area contributed by atoms with Gasteiger partial charge < -0.3 is 0 Å². The lowest BCUT2D eigenvalue weighted by molar-refractivity contribution is 1.44. The number of rotatable bonds is 1. The van der Waals surface area contributed by atoms with Gasteiger partial charge in [0.1, 0.15) is 17.7 Å². The average Bonchev–Trinajstić information content (AvgIpc) is 2.39. The summed E-state index contributed by atoms with van der Waals surface area (Å²) in [6.45, 7) is 3.86. The Morgan fingerprint density at radius 2 is 1.56 bits per heavy atom. The second-order valence-corrected chi connectivity index (χ2v) is 4.29. The summed E-state index contributed by atoms with van der Waals surface area (Å²) in [6, 6.07) is 16.1. The van der Waals surface area contributed by atoms with E-state index in [0.29, 0.717) is 0 Å². The van der Waals surface area contributed by atoms with E-state index in [1.165, 1.54) is 10.9 Å². The van der Waals surface area contributed by atoms with Crippen LogP contribution in [0.15, 0.2) is 42.0 Å². The summed E-state index contributed by atoms with van der Waals surface area (Å²) < 4.78 is 0. The number of aryl methyl sites for hydroxylation is 1. The molecule has 0 fully saturated rings. The van der Waals surface area contributed by atoms with E-state index >= 15 is 0 Å². The van der Waals surface area contributed by atoms with Crippen molar-refractivity contribution in [1.82, 2.24) is 0 Å². The molecule has 0 unspecified atom stereocenters. The number of benzene rings is 2. The van der Waals surface area contributed by atoms with Crippen LogP contribution in [0.1, 0.15) is 18.1 Å². The fourth-order valence-corrected chi connectivity index (χ4v) is 1.94. The number of hydrogen-bond donors (Lipinski definition) is 0. The van der Waals surface area contributed by atoms with E-state index in [-0.39, 0.29) is 5.57 Å². The number of allylic oxidation sites excluding steroid dienone is 2. The van der Waals surface area contributed by atoms with Crippen LogP contribution in [0.3, 0.4) is 0 Å². The molecule has 0 bridgehead atoms. The van der Waals surface area contributed by atoms with Crippen molar-refractivity contribution >= 4 is 16.3 Å². The number of fused-ring (bicyclic) bond motifs is 1. The van der Waals surface area contributed by atoms with Gasteiger partial charge >= 0.3 is 0 Å². The summed E-state index contributed by atoms with van der Waals surface area (Å²) in [5.74, 6) is 0. The Hall–Kier alpha value is -2.58. The maximum Gasteiger partial charge on any atom is 0.133 e. The van der Waals surface area contributed by atoms with Gasteiger partial charge in [0.15, 0.2) is 0 Å². The van der Waals surface area contributed by atoms with Gasteiger partial charge in [0, 0.05) is 0 Å². The molecule has 0 atom stereocenters. The van der Waals surface area contributed by atoms with Gasteiger partial charge in [0.25, 0.3) is 0 Å². The van der Waals surface area contributed by atoms with Crippen molar-refractivity contribution in [2.24, 2.45) is 0 Å². The zero-order chi connectivity index (χ0) is 13.1. The van der Waals surface area contributed by atoms with Crippen molar-refractivity contribution in [2.45, 2.75) is 13.8 Å². The van der Waals surface area contributed by atoms with E-state index in [9.17, 15) is 0 Å². The third kappa shape index (κ3) is 2.10. The van der Waals surface area contributed by atoms with Crippen LogP contribution in [-0.4, -0.2) is 0 Å². The third-order valence-corrected chi connectivity index (χ3v) is 3.03. The summed E-state index contributed by atoms with van der Waals surface area (Å²) in [5, 5.41) is 20.0. The first-order chi connectivity index (χ1) is 8.65. The molecule has 2 aromatic carbocycles. The Kier molecular flexibility index (Phi) is 3.13. The van der Waals surface area contributed by atoms with Gasteiger partial charge in [0.2, 0.25) is 0 Å². The van der Waals surface area contributed by atoms with Crippen LogP contribution >= 0.6 is 0 Å². The van der Waals surface area contributed by atoms with Crippen molar-refractivity contribution in [3.63, 3.8) is 0 Å². The van der Waals surface area contributed by atoms with Gasteiger partial charge in [-0.2, -0.15) is 10.5 Å². The summed E-state index contributed by atoms with van der Waals surface area (Å²) in [4.78, 5) is 0. The Morgan fingerprint density at radius 1 is 0.944 bits per heavy atom. The number of hydrogen-bond acceptors (Lipinski definition) is 2. The van der Waals surface area contributed by atoms with Crippen LogP contribution in [0.25, 0.3) is 16.3 Å². The molecule has 0 N–H and O–H groups in total. The molecule has 0 heterocycles. The molecule has 86 valence electrons. The summed E-state index contributed by atoms with van der Waals surface area (Å²) in [6.07, 6.45) is 0. The molecule has 2 rings (SSSR count). The van der Waals surface area contributed by atoms with Crippen molar-refractivity contribution in [2.75, 3.05) is 0 Å². The van der Waals surface area contributed by atoms with Crippen LogP contribution in [-0.2, 0) is 0 Å². The third-order valence-electron chi connectivity index (χ3n) is 3.03. The predicted octanol–water partition coefficient (Wildman–Crippen LogP) is 3.97. The predicted molar refractivity (Wildman–Crippen MR) is 72.5 cm³/mol. The monoisotopic (exact) mass is 232 g/mol. The molecule has 2 heteroatoms. The number of nitriles is 2. The molecule has 0 aliphatic heterocycles. The van der Waals surface area contributed by atoms with Crippen molar-refractivity contribution < 1.29 is 0 Å². The molecule has 18 heavy (non-hydrogen) atoms. The first-order valence-electron chi connectivity index (χ1n) is 5.67. The van der Waals surface area contributed by atoms with E-state index in [2.05, 4.69) is 25.1 Å². The summed E-state index contributed by atoms with van der Waals surface area (Å²) in [7, 11) is 0. The summed E-state index contributed by atoms with van der Waals surface area (Å²) in [5.41, 5.74) is 3.03. The van der Waals surface area contributed by atoms with Gasteiger partial charge in [0.05, 0.1) is 0 Å². The smallest absolute Gasteiger partial charge is 0.133 e. The zero-order valence-electron chi connectivity index (χ0n) is 10.4. The second kappa shape index (κ2) is 4.73. The van der Waals surface area contributed by atoms with E-state index in [0.717, 1.165) is 16.5 Å². The van der Waals surface area contributed by atoms with Crippen LogP contribution in [0, 0.1) is 29.6 Å². The lowest BCUT2D eigenvalue weighted by Crippen LogP contribution is -1.85. The van der Waals surface area contributed by atoms with Gasteiger partial charge in [-0.3, -0.25) is 0 Å². The minimum absolute atomic E-state index is 0.168. The van der Waals surface area contributed by atoms with Gasteiger partial charge in [-0.1, -0.05) is 35.9 Å². The minimum Gasteiger partial charge on any atom is -0.192 e. The molecule has 0 spiro atoms. The second-order valence-electron chi connectivity index (χ2n) is 4.29. The molecule has 2 nitrogen and oxygen atoms in total. The molecular weight excluding hydrogens is 220 g/mol. The molecular formula is C16H12N2. The quantitative estimate of drug-likeness (QED) is 0.698. The van der Waals surface area contributed by atoms with Crippen molar-refractivity contribution in [3.05, 3.63) is 53.1 Å². The Labute approximate surface area is 106 Å². The normalized spacial score (nSPS) is 9.56. The largest absolute Gasteiger partial charge is 0.192 e. The maximum atomic E-state index is 8.88. The molecule has 0 saturated heterocycles. The standard InChI is InChI=1S/C16H12N2/c1-11-3-4-15-8-13(5-6-14(15)7-11)12(2)16(9-17)10-18/h3-8H,1-2H3. The van der Waals surface area contributed by atoms with E-state index in [4.69, 9.17) is 10.5 Å². The number of nitrogens with zero attached hydrogens (tertiary/aromatic N) is 2. The Balaban J connectivity index is 2.63. The zero-order valence-corrected chi connectivity index (χ0v) is 10.4. The molecule has 0 radical (unpaired) electrons. The molecule has 2 aromatic rings. The van der Waals surface area contributed by atoms with E-state index < -0.39 is 0 Å². The lowest BCUT2D eigenvalue weighted by Gasteiger charge is -2.05. The molecule has 0 saturated carbocycles. The van der Waals surface area contributed by atoms with Gasteiger partial charge in [-0.25, -0.2) is 0 Å². The first-order valence-corrected chi connectivity index (χ1v) is 5.67. The fourth-order valence-electron chi connectivity index (χ4n) is 1.94. The first kappa shape index (κ1) is 11.9. The fraction of sp³-hybridized carbons (Fsp3) is 0.125. The van der Waals surface area contributed by atoms with Gasteiger partial charge in [-0.05, 0) is 41.8 Å². The highest BCUT2D eigenvalue weighted by Crippen LogP contribution is 2.23. The van der Waals surface area contributed by atoms with Crippen molar-refractivity contribution in [3.8, 4) is 12.1 Å². The van der Waals surface area contributed by atoms with Crippen LogP contribution < -0.4 is 0 Å². The van der Waals surface area contributed by atoms with Gasteiger partial charge in [-0.15, -0.1) is 0 Å². The van der Waals surface area contributed by atoms with Crippen LogP contribution in [0.2, 0.25) is 0 Å². The molecule has 0 aliphatic rings. The van der Waals surface area contributed by atoms with E-state index in [1.54, 1.807) is 6.92 Å². The molecule has 0 aliphatic carbocycles. The summed E-state index contributed by atoms with van der Waals surface area (Å²) >= 11 is 0. The van der Waals surface area contributed by atoms with Crippen LogP contribution in [0.4, 0.5) is 0 Å². The Morgan fingerprint density at radius 3 is 2.22 bits per heavy atom. The SMILES string of the molecule is CC(=C(C#N)C#N)c1ccc2cc(C)ccc2c1. The van der Waals surface area contributed by atoms with Crippen molar-refractivity contribution in [1.29, 1.82) is 10.5 Å². The lowest BCUT2D eigenvalue weighted by atomic mass is 9.98. The molecule has 0 aromatic heterocycles. The maximum absolute atomic E-state index is 8.88. The highest BCUT2D eigenvalue weighted by Gasteiger charge is 2.04. The Bertz CT molecular complexity index is 709. The topological polar surface area (TPSA) is 47.6 Å². The average molecular weight is 232 g/mol. The van der Waals surface area contributed by atoms with E-state index in [1.807, 2.05) is 30.3 Å². The highest BCUT2D eigenvalue weighted by atomic mass is 14.3. The highest BCUT2D eigenvalue weighted by molar-refractivity contribution is 5.87. The minimum atomic E-state index is 0.168. The molecule has 0 amide bonds. The van der Waals surface area contributed by atoms with Crippen LogP contribution in [0.5, 0.6) is 0 Å².